The van der Waals surface area contributed by atoms with Crippen LogP contribution in [0.1, 0.15) is 22.3 Å². The zero-order valence-electron chi connectivity index (χ0n) is 13.5. The van der Waals surface area contributed by atoms with Crippen LogP contribution in [0.3, 0.4) is 0 Å². The van der Waals surface area contributed by atoms with E-state index in [1.807, 2.05) is 19.9 Å². The molecule has 1 N–H and O–H groups in total. The molecular weight excluding hydrogens is 314 g/mol. The molecule has 2 aromatic carbocycles. The monoisotopic (exact) mass is 333 g/mol. The molecule has 0 spiro atoms. The molecule has 2 rings (SSSR count). The minimum absolute atomic E-state index is 0.376. The fraction of sp³-hybridized carbons (Fsp3) is 0.278. The van der Waals surface area contributed by atoms with E-state index in [-0.39, 0.29) is 0 Å². The maximum absolute atomic E-state index is 8.69. The average molecular weight is 334 g/mol. The molecule has 23 heavy (non-hydrogen) atoms. The molecule has 2 aromatic rings. The van der Waals surface area contributed by atoms with E-state index in [4.69, 9.17) is 26.3 Å². The lowest BCUT2D eigenvalue weighted by molar-refractivity contribution is 0.215. The molecule has 0 saturated carbocycles. The maximum Gasteiger partial charge on any atom is 0.128 e. The molecule has 0 fully saturated rings. The van der Waals surface area contributed by atoms with Crippen molar-refractivity contribution in [1.82, 2.24) is 0 Å². The van der Waals surface area contributed by atoms with Gasteiger partial charge in [-0.15, -0.1) is 0 Å². The summed E-state index contributed by atoms with van der Waals surface area (Å²) in [6.45, 7) is 6.93. The van der Waals surface area contributed by atoms with Crippen molar-refractivity contribution >= 4 is 17.8 Å². The minimum atomic E-state index is 0.376. The third-order valence-electron chi connectivity index (χ3n) is 3.63. The van der Waals surface area contributed by atoms with E-state index < -0.39 is 0 Å². The number of aryl methyl sites for hydroxylation is 2. The van der Waals surface area contributed by atoms with Gasteiger partial charge in [0.25, 0.3) is 0 Å². The van der Waals surface area contributed by atoms with Crippen LogP contribution in [0.25, 0.3) is 0 Å². The molecular formula is C18H20ClNO3. The average Bonchev–Trinajstić information content (AvgIpc) is 2.52. The molecule has 0 aliphatic heterocycles. The van der Waals surface area contributed by atoms with Crippen LogP contribution in [0.2, 0.25) is 5.02 Å². The van der Waals surface area contributed by atoms with Gasteiger partial charge in [0, 0.05) is 10.6 Å². The maximum atomic E-state index is 8.69. The van der Waals surface area contributed by atoms with Crippen LogP contribution in [0.5, 0.6) is 11.5 Å². The highest BCUT2D eigenvalue weighted by atomic mass is 35.5. The molecule has 0 heterocycles. The van der Waals surface area contributed by atoms with Crippen molar-refractivity contribution in [2.45, 2.75) is 20.8 Å². The number of rotatable bonds is 6. The van der Waals surface area contributed by atoms with Gasteiger partial charge in [0.1, 0.15) is 24.7 Å². The number of ether oxygens (including phenoxy) is 2. The van der Waals surface area contributed by atoms with Gasteiger partial charge in [0.15, 0.2) is 0 Å². The van der Waals surface area contributed by atoms with Crippen LogP contribution in [0.4, 0.5) is 0 Å². The lowest BCUT2D eigenvalue weighted by Crippen LogP contribution is -2.11. The number of halogens is 1. The summed E-state index contributed by atoms with van der Waals surface area (Å²) in [7, 11) is 0. The van der Waals surface area contributed by atoms with E-state index in [1.54, 1.807) is 18.2 Å². The van der Waals surface area contributed by atoms with Crippen molar-refractivity contribution in [1.29, 1.82) is 0 Å². The Labute approximate surface area is 141 Å². The van der Waals surface area contributed by atoms with Crippen LogP contribution >= 0.6 is 11.6 Å². The second kappa shape index (κ2) is 7.88. The van der Waals surface area contributed by atoms with E-state index in [1.165, 1.54) is 11.8 Å². The summed E-state index contributed by atoms with van der Waals surface area (Å²) in [6.07, 6.45) is 1.29. The van der Waals surface area contributed by atoms with Crippen LogP contribution in [-0.2, 0) is 0 Å². The highest BCUT2D eigenvalue weighted by Crippen LogP contribution is 2.26. The van der Waals surface area contributed by atoms with E-state index in [0.29, 0.717) is 29.5 Å². The van der Waals surface area contributed by atoms with Gasteiger partial charge in [-0.05, 0) is 55.7 Å². The third-order valence-corrected chi connectivity index (χ3v) is 3.86. The van der Waals surface area contributed by atoms with Gasteiger partial charge in [-0.3, -0.25) is 0 Å². The minimum Gasteiger partial charge on any atom is -0.489 e. The fourth-order valence-electron chi connectivity index (χ4n) is 2.26. The van der Waals surface area contributed by atoms with Gasteiger partial charge in [0.2, 0.25) is 0 Å². The number of benzene rings is 2. The Morgan fingerprint density at radius 3 is 2.48 bits per heavy atom. The fourth-order valence-corrected chi connectivity index (χ4v) is 2.44. The summed E-state index contributed by atoms with van der Waals surface area (Å²) < 4.78 is 11.6. The summed E-state index contributed by atoms with van der Waals surface area (Å²) in [5.74, 6) is 1.50. The number of nitrogens with zero attached hydrogens (tertiary/aromatic N) is 1. The Hall–Kier alpha value is -2.20. The first kappa shape index (κ1) is 17.2. The predicted octanol–water partition coefficient (Wildman–Crippen LogP) is 4.53. The second-order valence-electron chi connectivity index (χ2n) is 5.28. The molecule has 0 saturated heterocycles. The molecule has 0 radical (unpaired) electrons. The topological polar surface area (TPSA) is 51.0 Å². The van der Waals surface area contributed by atoms with Crippen molar-refractivity contribution < 1.29 is 14.7 Å². The van der Waals surface area contributed by atoms with E-state index in [9.17, 15) is 0 Å². The van der Waals surface area contributed by atoms with Crippen LogP contribution in [0, 0.1) is 20.8 Å². The third kappa shape index (κ3) is 4.39. The highest BCUT2D eigenvalue weighted by Gasteiger charge is 2.07. The molecule has 0 aliphatic carbocycles. The Morgan fingerprint density at radius 1 is 1.04 bits per heavy atom. The molecule has 0 amide bonds. The van der Waals surface area contributed by atoms with E-state index >= 15 is 0 Å². The zero-order valence-corrected chi connectivity index (χ0v) is 14.2. The molecule has 0 aliphatic rings. The van der Waals surface area contributed by atoms with E-state index in [0.717, 1.165) is 16.9 Å². The smallest absolute Gasteiger partial charge is 0.128 e. The van der Waals surface area contributed by atoms with Crippen LogP contribution in [0.15, 0.2) is 35.5 Å². The summed E-state index contributed by atoms with van der Waals surface area (Å²) in [6, 6.07) is 9.27. The predicted molar refractivity (Wildman–Crippen MR) is 92.5 cm³/mol. The lowest BCUT2D eigenvalue weighted by Gasteiger charge is -2.15. The van der Waals surface area contributed by atoms with E-state index in [2.05, 4.69) is 18.1 Å². The quantitative estimate of drug-likeness (QED) is 0.365. The van der Waals surface area contributed by atoms with Crippen molar-refractivity contribution in [3.05, 3.63) is 57.6 Å². The largest absolute Gasteiger partial charge is 0.489 e. The molecule has 4 nitrogen and oxygen atoms in total. The summed E-state index contributed by atoms with van der Waals surface area (Å²) >= 11 is 5.92. The number of hydrogen-bond acceptors (Lipinski definition) is 4. The second-order valence-corrected chi connectivity index (χ2v) is 5.71. The molecule has 122 valence electrons. The van der Waals surface area contributed by atoms with Gasteiger partial charge in [-0.1, -0.05) is 28.9 Å². The standard InChI is InChI=1S/C18H20ClNO3/c1-12-4-5-13(2)18(14(12)3)23-9-8-22-17-7-6-16(19)10-15(17)11-20-21/h4-7,10-11,21H,8-9H2,1-3H3/b20-11+. The van der Waals surface area contributed by atoms with Crippen molar-refractivity contribution in [2.75, 3.05) is 13.2 Å². The normalized spacial score (nSPS) is 11.0. The van der Waals surface area contributed by atoms with Crippen LogP contribution in [-0.4, -0.2) is 24.6 Å². The number of oxime groups is 1. The SMILES string of the molecule is Cc1ccc(C)c(OCCOc2ccc(Cl)cc2/C=N/O)c1C. The molecule has 5 heteroatoms. The summed E-state index contributed by atoms with van der Waals surface area (Å²) in [5, 5.41) is 12.3. The summed E-state index contributed by atoms with van der Waals surface area (Å²) in [5.41, 5.74) is 4.06. The van der Waals surface area contributed by atoms with Crippen LogP contribution < -0.4 is 9.47 Å². The first-order chi connectivity index (χ1) is 11.0. The first-order valence-corrected chi connectivity index (χ1v) is 7.70. The molecule has 0 unspecified atom stereocenters. The van der Waals surface area contributed by atoms with Crippen molar-refractivity contribution in [3.63, 3.8) is 0 Å². The lowest BCUT2D eigenvalue weighted by atomic mass is 10.1. The van der Waals surface area contributed by atoms with Gasteiger partial charge < -0.3 is 14.7 Å². The summed E-state index contributed by atoms with van der Waals surface area (Å²) in [4.78, 5) is 0. The first-order valence-electron chi connectivity index (χ1n) is 7.32. The Morgan fingerprint density at radius 2 is 1.74 bits per heavy atom. The van der Waals surface area contributed by atoms with Gasteiger partial charge in [0.05, 0.1) is 6.21 Å². The number of hydrogen-bond donors (Lipinski definition) is 1. The van der Waals surface area contributed by atoms with Crippen molar-refractivity contribution in [3.8, 4) is 11.5 Å². The van der Waals surface area contributed by atoms with Crippen molar-refractivity contribution in [2.24, 2.45) is 5.16 Å². The highest BCUT2D eigenvalue weighted by molar-refractivity contribution is 6.30. The molecule has 0 bridgehead atoms. The van der Waals surface area contributed by atoms with Gasteiger partial charge >= 0.3 is 0 Å². The molecule has 0 aromatic heterocycles. The Kier molecular flexibility index (Phi) is 5.88. The van der Waals surface area contributed by atoms with Gasteiger partial charge in [-0.2, -0.15) is 0 Å². The molecule has 0 atom stereocenters. The Balaban J connectivity index is 1.98. The van der Waals surface area contributed by atoms with Gasteiger partial charge in [-0.25, -0.2) is 0 Å². The Bertz CT molecular complexity index is 714. The zero-order chi connectivity index (χ0) is 16.8.